The zero-order valence-electron chi connectivity index (χ0n) is 19.7. The molecule has 2 aromatic carbocycles. The van der Waals surface area contributed by atoms with E-state index in [2.05, 4.69) is 29.3 Å². The minimum absolute atomic E-state index is 0.0850. The van der Waals surface area contributed by atoms with E-state index in [0.717, 1.165) is 42.8 Å². The second-order valence-electron chi connectivity index (χ2n) is 10.0. The van der Waals surface area contributed by atoms with Crippen LogP contribution in [0, 0.1) is 5.41 Å². The van der Waals surface area contributed by atoms with E-state index in [1.54, 1.807) is 12.1 Å². The zero-order valence-corrected chi connectivity index (χ0v) is 19.7. The van der Waals surface area contributed by atoms with E-state index in [1.165, 1.54) is 7.11 Å². The number of esters is 2. The molecule has 1 spiro atoms. The van der Waals surface area contributed by atoms with Crippen molar-refractivity contribution in [2.45, 2.75) is 50.2 Å². The fourth-order valence-corrected chi connectivity index (χ4v) is 7.38. The molecular weight excluding hydrogens is 428 g/mol. The molecule has 3 heterocycles. The van der Waals surface area contributed by atoms with Crippen molar-refractivity contribution in [3.63, 3.8) is 0 Å². The lowest BCUT2D eigenvalue weighted by Gasteiger charge is -2.56. The lowest BCUT2D eigenvalue weighted by molar-refractivity contribution is -0.137. The number of nitrogens with one attached hydrogen (secondary N) is 1. The second kappa shape index (κ2) is 7.70. The summed E-state index contributed by atoms with van der Waals surface area (Å²) >= 11 is 0. The molecular formula is C28H30N2O4. The Hall–Kier alpha value is -3.12. The Balaban J connectivity index is 1.58. The molecule has 1 aliphatic carbocycles. The number of rotatable bonds is 4. The number of hydrogen-bond donors (Lipinski definition) is 1. The predicted octanol–water partition coefficient (Wildman–Crippen LogP) is 4.28. The third-order valence-corrected chi connectivity index (χ3v) is 8.68. The first-order chi connectivity index (χ1) is 16.5. The van der Waals surface area contributed by atoms with Crippen molar-refractivity contribution in [1.82, 2.24) is 4.90 Å². The zero-order chi connectivity index (χ0) is 23.5. The van der Waals surface area contributed by atoms with Gasteiger partial charge in [-0.2, -0.15) is 0 Å². The predicted molar refractivity (Wildman–Crippen MR) is 128 cm³/mol. The first-order valence-corrected chi connectivity index (χ1v) is 12.2. The van der Waals surface area contributed by atoms with Crippen LogP contribution in [0.15, 0.2) is 65.9 Å². The highest BCUT2D eigenvalue weighted by atomic mass is 16.5. The topological polar surface area (TPSA) is 67.9 Å². The molecule has 1 N–H and O–H groups in total. The van der Waals surface area contributed by atoms with Crippen LogP contribution in [-0.4, -0.2) is 49.2 Å². The van der Waals surface area contributed by atoms with Crippen LogP contribution >= 0.6 is 0 Å². The van der Waals surface area contributed by atoms with E-state index in [-0.39, 0.29) is 23.4 Å². The molecule has 2 aromatic rings. The van der Waals surface area contributed by atoms with Crippen molar-refractivity contribution in [3.05, 3.63) is 77.0 Å². The van der Waals surface area contributed by atoms with Crippen molar-refractivity contribution >= 4 is 17.6 Å². The number of para-hydroxylation sites is 1. The molecule has 2 saturated heterocycles. The molecule has 176 valence electrons. The Labute approximate surface area is 199 Å². The lowest BCUT2D eigenvalue weighted by atomic mass is 9.53. The number of carbonyl (C=O) groups excluding carboxylic acids is 2. The summed E-state index contributed by atoms with van der Waals surface area (Å²) in [5.41, 5.74) is 3.49. The molecule has 4 atom stereocenters. The van der Waals surface area contributed by atoms with Gasteiger partial charge in [-0.1, -0.05) is 43.3 Å². The summed E-state index contributed by atoms with van der Waals surface area (Å²) in [6.45, 7) is 3.85. The van der Waals surface area contributed by atoms with Crippen LogP contribution in [0.2, 0.25) is 0 Å². The van der Waals surface area contributed by atoms with Gasteiger partial charge in [0.05, 0.1) is 23.7 Å². The molecule has 3 aliphatic heterocycles. The van der Waals surface area contributed by atoms with Crippen molar-refractivity contribution in [1.29, 1.82) is 0 Å². The van der Waals surface area contributed by atoms with Gasteiger partial charge in [-0.15, -0.1) is 0 Å². The van der Waals surface area contributed by atoms with E-state index in [9.17, 15) is 9.59 Å². The summed E-state index contributed by atoms with van der Waals surface area (Å²) in [6, 6.07) is 17.6. The fraction of sp³-hybridized carbons (Fsp3) is 0.429. The first-order valence-electron chi connectivity index (χ1n) is 12.2. The molecule has 34 heavy (non-hydrogen) atoms. The summed E-state index contributed by atoms with van der Waals surface area (Å²) in [7, 11) is 1.45. The molecule has 0 saturated carbocycles. The van der Waals surface area contributed by atoms with Crippen molar-refractivity contribution < 1.29 is 19.1 Å². The number of hydrogen-bond acceptors (Lipinski definition) is 6. The van der Waals surface area contributed by atoms with Crippen molar-refractivity contribution in [2.75, 3.05) is 25.5 Å². The number of ether oxygens (including phenoxy) is 2. The summed E-state index contributed by atoms with van der Waals surface area (Å²) < 4.78 is 11.7. The Morgan fingerprint density at radius 2 is 1.85 bits per heavy atom. The SMILES string of the molecule is CC[C@]12CCCN3C[C@@H](OC(=O)c4ccccc4)[C@]4(C(=C(C(=O)OC)C1)Nc1ccccc14)[C@@H]32. The van der Waals surface area contributed by atoms with Gasteiger partial charge in [0.1, 0.15) is 6.10 Å². The van der Waals surface area contributed by atoms with Crippen LogP contribution in [0.1, 0.15) is 48.5 Å². The van der Waals surface area contributed by atoms with Crippen molar-refractivity contribution in [2.24, 2.45) is 5.41 Å². The molecule has 2 fully saturated rings. The smallest absolute Gasteiger partial charge is 0.338 e. The number of methoxy groups -OCH3 is 1. The maximum atomic E-state index is 13.3. The average Bonchev–Trinajstić information content (AvgIpc) is 3.40. The van der Waals surface area contributed by atoms with E-state index in [4.69, 9.17) is 9.47 Å². The molecule has 4 aliphatic rings. The summed E-state index contributed by atoms with van der Waals surface area (Å²) in [5.74, 6) is -0.617. The monoisotopic (exact) mass is 458 g/mol. The quantitative estimate of drug-likeness (QED) is 0.690. The van der Waals surface area contributed by atoms with Gasteiger partial charge >= 0.3 is 11.9 Å². The Morgan fingerprint density at radius 3 is 2.62 bits per heavy atom. The van der Waals surface area contributed by atoms with Gasteiger partial charge in [-0.3, -0.25) is 4.90 Å². The molecule has 6 nitrogen and oxygen atoms in total. The van der Waals surface area contributed by atoms with Crippen LogP contribution in [0.25, 0.3) is 0 Å². The maximum Gasteiger partial charge on any atom is 0.338 e. The third-order valence-electron chi connectivity index (χ3n) is 8.68. The van der Waals surface area contributed by atoms with Gasteiger partial charge in [-0.05, 0) is 61.4 Å². The lowest BCUT2D eigenvalue weighted by Crippen LogP contribution is -2.61. The van der Waals surface area contributed by atoms with Crippen LogP contribution in [0.3, 0.4) is 0 Å². The minimum Gasteiger partial charge on any atom is -0.466 e. The summed E-state index contributed by atoms with van der Waals surface area (Å²) in [5, 5.41) is 3.60. The highest BCUT2D eigenvalue weighted by Gasteiger charge is 2.71. The molecule has 0 aromatic heterocycles. The minimum atomic E-state index is -0.626. The van der Waals surface area contributed by atoms with E-state index < -0.39 is 11.5 Å². The van der Waals surface area contributed by atoms with E-state index >= 15 is 0 Å². The van der Waals surface area contributed by atoms with Crippen LogP contribution in [0.5, 0.6) is 0 Å². The van der Waals surface area contributed by atoms with Gasteiger partial charge < -0.3 is 14.8 Å². The number of anilines is 1. The average molecular weight is 459 g/mol. The maximum absolute atomic E-state index is 13.3. The number of piperidine rings is 1. The van der Waals surface area contributed by atoms with E-state index in [1.807, 2.05) is 30.3 Å². The van der Waals surface area contributed by atoms with Gasteiger partial charge in [0.25, 0.3) is 0 Å². The summed E-state index contributed by atoms with van der Waals surface area (Å²) in [4.78, 5) is 29.0. The molecule has 0 radical (unpaired) electrons. The fourth-order valence-electron chi connectivity index (χ4n) is 7.38. The molecule has 0 bridgehead atoms. The molecule has 6 rings (SSSR count). The highest BCUT2D eigenvalue weighted by Crippen LogP contribution is 2.65. The molecule has 0 amide bonds. The van der Waals surface area contributed by atoms with Gasteiger partial charge in [0.2, 0.25) is 0 Å². The van der Waals surface area contributed by atoms with E-state index in [0.29, 0.717) is 24.1 Å². The number of fused-ring (bicyclic) bond motifs is 1. The van der Waals surface area contributed by atoms with Crippen LogP contribution in [0.4, 0.5) is 5.69 Å². The molecule has 6 heteroatoms. The first kappa shape index (κ1) is 21.4. The molecule has 0 unspecified atom stereocenters. The number of benzene rings is 2. The number of carbonyl (C=O) groups is 2. The normalized spacial score (nSPS) is 31.2. The van der Waals surface area contributed by atoms with Gasteiger partial charge in [0, 0.05) is 24.0 Å². The number of nitrogens with zero attached hydrogens (tertiary/aromatic N) is 1. The Morgan fingerprint density at radius 1 is 1.09 bits per heavy atom. The standard InChI is InChI=1S/C28H30N2O4/c1-3-27-14-9-15-30-17-22(34-24(31)18-10-5-4-6-11-18)28(26(27)30)20-12-7-8-13-21(20)29-23(28)19(16-27)25(32)33-2/h4-8,10-13,22,26,29H,3,9,14-17H2,1-2H3/t22-,26+,27+,28-/m1/s1. The Bertz CT molecular complexity index is 1190. The summed E-state index contributed by atoms with van der Waals surface area (Å²) in [6.07, 6.45) is 3.32. The van der Waals surface area contributed by atoms with Crippen LogP contribution < -0.4 is 5.32 Å². The van der Waals surface area contributed by atoms with Crippen molar-refractivity contribution in [3.8, 4) is 0 Å². The van der Waals surface area contributed by atoms with Crippen LogP contribution in [-0.2, 0) is 19.7 Å². The Kier molecular flexibility index (Phi) is 4.85. The second-order valence-corrected chi connectivity index (χ2v) is 10.0. The van der Waals surface area contributed by atoms with Gasteiger partial charge in [-0.25, -0.2) is 9.59 Å². The highest BCUT2D eigenvalue weighted by molar-refractivity contribution is 5.94. The third kappa shape index (κ3) is 2.72. The van der Waals surface area contributed by atoms with Gasteiger partial charge in [0.15, 0.2) is 0 Å². The largest absolute Gasteiger partial charge is 0.466 e.